The molecule has 0 bridgehead atoms. The van der Waals surface area contributed by atoms with Crippen molar-refractivity contribution in [2.45, 2.75) is 32.1 Å². The van der Waals surface area contributed by atoms with Crippen LogP contribution in [0, 0.1) is 17.8 Å². The van der Waals surface area contributed by atoms with Crippen LogP contribution in [-0.2, 0) is 4.79 Å². The zero-order valence-electron chi connectivity index (χ0n) is 15.4. The summed E-state index contributed by atoms with van der Waals surface area (Å²) >= 11 is 0. The largest absolute Gasteiger partial charge is 0.363 e. The summed E-state index contributed by atoms with van der Waals surface area (Å²) in [5.74, 6) is 3.86. The molecule has 0 spiro atoms. The molecule has 2 atom stereocenters. The van der Waals surface area contributed by atoms with Gasteiger partial charge in [-0.3, -0.25) is 4.79 Å². The van der Waals surface area contributed by atoms with E-state index in [0.29, 0.717) is 5.91 Å². The minimum atomic E-state index is 0.187. The lowest BCUT2D eigenvalue weighted by Crippen LogP contribution is -2.42. The predicted octanol–water partition coefficient (Wildman–Crippen LogP) is 2.02. The Balaban J connectivity index is 1.34. The smallest absolute Gasteiger partial charge is 0.227 e. The quantitative estimate of drug-likeness (QED) is 0.840. The molecular formula is C19H29N5O. The van der Waals surface area contributed by atoms with Crippen molar-refractivity contribution in [2.75, 3.05) is 50.1 Å². The summed E-state index contributed by atoms with van der Waals surface area (Å²) < 4.78 is 0. The van der Waals surface area contributed by atoms with E-state index >= 15 is 0 Å². The molecule has 6 heteroatoms. The lowest BCUT2D eigenvalue weighted by atomic mass is 9.95. The number of aromatic nitrogens is 2. The summed E-state index contributed by atoms with van der Waals surface area (Å²) in [6.45, 7) is 3.76. The van der Waals surface area contributed by atoms with Gasteiger partial charge in [-0.2, -0.15) is 4.98 Å². The number of likely N-dealkylation sites (tertiary alicyclic amines) is 1. The van der Waals surface area contributed by atoms with Crippen molar-refractivity contribution < 1.29 is 4.79 Å². The van der Waals surface area contributed by atoms with Gasteiger partial charge in [-0.15, -0.1) is 0 Å². The predicted molar refractivity (Wildman–Crippen MR) is 98.7 cm³/mol. The van der Waals surface area contributed by atoms with Crippen molar-refractivity contribution in [3.05, 3.63) is 12.3 Å². The van der Waals surface area contributed by atoms with Gasteiger partial charge in [0, 0.05) is 52.4 Å². The number of carbonyl (C=O) groups is 1. The molecule has 1 aromatic heterocycles. The summed E-state index contributed by atoms with van der Waals surface area (Å²) in [5, 5.41) is 0. The van der Waals surface area contributed by atoms with Crippen molar-refractivity contribution in [1.82, 2.24) is 14.9 Å². The number of rotatable bonds is 3. The van der Waals surface area contributed by atoms with Crippen LogP contribution in [0.3, 0.4) is 0 Å². The fourth-order valence-corrected chi connectivity index (χ4v) is 4.74. The number of amides is 1. The van der Waals surface area contributed by atoms with E-state index in [9.17, 15) is 4.79 Å². The molecule has 1 amide bonds. The number of anilines is 2. The van der Waals surface area contributed by atoms with Crippen LogP contribution in [0.25, 0.3) is 0 Å². The zero-order valence-corrected chi connectivity index (χ0v) is 15.4. The van der Waals surface area contributed by atoms with E-state index in [-0.39, 0.29) is 5.92 Å². The monoisotopic (exact) mass is 343 g/mol. The maximum absolute atomic E-state index is 12.9. The molecule has 3 heterocycles. The van der Waals surface area contributed by atoms with Crippen LogP contribution in [0.2, 0.25) is 0 Å². The van der Waals surface area contributed by atoms with Crippen molar-refractivity contribution in [3.63, 3.8) is 0 Å². The van der Waals surface area contributed by atoms with Crippen LogP contribution in [0.1, 0.15) is 32.1 Å². The van der Waals surface area contributed by atoms with Gasteiger partial charge in [0.1, 0.15) is 5.82 Å². The fraction of sp³-hybridized carbons (Fsp3) is 0.737. The minimum Gasteiger partial charge on any atom is -0.363 e. The van der Waals surface area contributed by atoms with Gasteiger partial charge in [-0.05, 0) is 43.6 Å². The topological polar surface area (TPSA) is 52.6 Å². The van der Waals surface area contributed by atoms with E-state index in [1.807, 2.05) is 31.3 Å². The van der Waals surface area contributed by atoms with Crippen LogP contribution >= 0.6 is 0 Å². The second-order valence-electron chi connectivity index (χ2n) is 8.06. The van der Waals surface area contributed by atoms with Crippen LogP contribution in [-0.4, -0.2) is 61.0 Å². The molecule has 2 saturated heterocycles. The number of piperidine rings is 1. The molecule has 2 aliphatic heterocycles. The summed E-state index contributed by atoms with van der Waals surface area (Å²) in [7, 11) is 3.98. The molecule has 136 valence electrons. The summed E-state index contributed by atoms with van der Waals surface area (Å²) in [4.78, 5) is 28.3. The Morgan fingerprint density at radius 1 is 1.12 bits per heavy atom. The summed E-state index contributed by atoms with van der Waals surface area (Å²) in [5.41, 5.74) is 0. The van der Waals surface area contributed by atoms with Crippen LogP contribution in [0.5, 0.6) is 0 Å². The third kappa shape index (κ3) is 3.31. The summed E-state index contributed by atoms with van der Waals surface area (Å²) in [6, 6.07) is 1.92. The van der Waals surface area contributed by atoms with Crippen molar-refractivity contribution in [2.24, 2.45) is 17.8 Å². The molecule has 1 saturated carbocycles. The number of nitrogens with zero attached hydrogens (tertiary/aromatic N) is 5. The van der Waals surface area contributed by atoms with Crippen molar-refractivity contribution in [3.8, 4) is 0 Å². The molecule has 25 heavy (non-hydrogen) atoms. The Labute approximate surface area is 150 Å². The van der Waals surface area contributed by atoms with Crippen LogP contribution < -0.4 is 9.80 Å². The van der Waals surface area contributed by atoms with Gasteiger partial charge in [-0.1, -0.05) is 6.42 Å². The highest BCUT2D eigenvalue weighted by Gasteiger charge is 2.40. The molecular weight excluding hydrogens is 314 g/mol. The highest BCUT2D eigenvalue weighted by atomic mass is 16.2. The molecule has 3 fully saturated rings. The van der Waals surface area contributed by atoms with Gasteiger partial charge in [0.25, 0.3) is 0 Å². The van der Waals surface area contributed by atoms with Gasteiger partial charge in [0.05, 0.1) is 0 Å². The first-order valence-electron chi connectivity index (χ1n) is 9.66. The Morgan fingerprint density at radius 3 is 2.44 bits per heavy atom. The van der Waals surface area contributed by atoms with Crippen molar-refractivity contribution in [1.29, 1.82) is 0 Å². The minimum absolute atomic E-state index is 0.187. The SMILES string of the molecule is CN(C)c1ccnc(N2CCC(C(=O)N3CC4CCCC4C3)CC2)n1. The Hall–Kier alpha value is -1.85. The molecule has 2 unspecified atom stereocenters. The van der Waals surface area contributed by atoms with Gasteiger partial charge in [0.15, 0.2) is 0 Å². The van der Waals surface area contributed by atoms with E-state index in [0.717, 1.165) is 62.6 Å². The van der Waals surface area contributed by atoms with Gasteiger partial charge < -0.3 is 14.7 Å². The van der Waals surface area contributed by atoms with Gasteiger partial charge >= 0.3 is 0 Å². The van der Waals surface area contributed by atoms with E-state index in [4.69, 9.17) is 0 Å². The van der Waals surface area contributed by atoms with Gasteiger partial charge in [0.2, 0.25) is 11.9 Å². The first kappa shape index (κ1) is 16.6. The Bertz CT molecular complexity index is 614. The van der Waals surface area contributed by atoms with Gasteiger partial charge in [-0.25, -0.2) is 4.98 Å². The van der Waals surface area contributed by atoms with Crippen LogP contribution in [0.4, 0.5) is 11.8 Å². The van der Waals surface area contributed by atoms with E-state index < -0.39 is 0 Å². The molecule has 1 aliphatic carbocycles. The second-order valence-corrected chi connectivity index (χ2v) is 8.06. The molecule has 0 N–H and O–H groups in total. The number of hydrogen-bond acceptors (Lipinski definition) is 5. The van der Waals surface area contributed by atoms with E-state index in [1.54, 1.807) is 0 Å². The first-order chi connectivity index (χ1) is 12.1. The third-order valence-electron chi connectivity index (χ3n) is 6.25. The van der Waals surface area contributed by atoms with E-state index in [2.05, 4.69) is 19.8 Å². The maximum atomic E-state index is 12.9. The van der Waals surface area contributed by atoms with Crippen LogP contribution in [0.15, 0.2) is 12.3 Å². The average molecular weight is 343 g/mol. The average Bonchev–Trinajstić information content (AvgIpc) is 3.23. The normalized spacial score (nSPS) is 26.8. The highest BCUT2D eigenvalue weighted by molar-refractivity contribution is 5.79. The zero-order chi connectivity index (χ0) is 17.4. The molecule has 6 nitrogen and oxygen atoms in total. The standard InChI is InChI=1S/C19H29N5O/c1-22(2)17-6-9-20-19(21-17)23-10-7-14(8-11-23)18(25)24-12-15-4-3-5-16(15)13-24/h6,9,14-16H,3-5,7-8,10-13H2,1-2H3. The van der Waals surface area contributed by atoms with E-state index in [1.165, 1.54) is 19.3 Å². The summed E-state index contributed by atoms with van der Waals surface area (Å²) in [6.07, 6.45) is 7.67. The maximum Gasteiger partial charge on any atom is 0.227 e. The lowest BCUT2D eigenvalue weighted by molar-refractivity contribution is -0.135. The number of carbonyl (C=O) groups excluding carboxylic acids is 1. The molecule has 1 aromatic rings. The Morgan fingerprint density at radius 2 is 1.80 bits per heavy atom. The molecule has 4 rings (SSSR count). The van der Waals surface area contributed by atoms with Crippen molar-refractivity contribution >= 4 is 17.7 Å². The second kappa shape index (κ2) is 6.81. The Kier molecular flexibility index (Phi) is 4.52. The fourth-order valence-electron chi connectivity index (χ4n) is 4.74. The molecule has 0 aromatic carbocycles. The first-order valence-corrected chi connectivity index (χ1v) is 9.66. The number of fused-ring (bicyclic) bond motifs is 1. The third-order valence-corrected chi connectivity index (χ3v) is 6.25. The number of hydrogen-bond donors (Lipinski definition) is 0. The lowest BCUT2D eigenvalue weighted by Gasteiger charge is -2.33. The molecule has 0 radical (unpaired) electrons. The molecule has 3 aliphatic rings. The highest BCUT2D eigenvalue weighted by Crippen LogP contribution is 2.38.